The highest BCUT2D eigenvalue weighted by molar-refractivity contribution is 14.0. The first-order valence-corrected chi connectivity index (χ1v) is 7.27. The molecule has 0 heterocycles. The highest BCUT2D eigenvalue weighted by Crippen LogP contribution is 2.15. The molecule has 1 rings (SSSR count). The molecule has 0 amide bonds. The van der Waals surface area contributed by atoms with Crippen LogP contribution in [0.25, 0.3) is 0 Å². The molecule has 0 spiro atoms. The molecule has 1 aromatic rings. The van der Waals surface area contributed by atoms with Crippen LogP contribution in [0.2, 0.25) is 0 Å². The van der Waals surface area contributed by atoms with Gasteiger partial charge in [0.25, 0.3) is 0 Å². The maximum absolute atomic E-state index is 13.2. The predicted molar refractivity (Wildman–Crippen MR) is 97.2 cm³/mol. The molecular weight excluding hydrogens is 436 g/mol. The Hall–Kier alpha value is -0.370. The molecule has 0 aliphatic heterocycles. The summed E-state index contributed by atoms with van der Waals surface area (Å²) in [5, 5.41) is 6.42. The Balaban J connectivity index is 0.00000361. The van der Waals surface area contributed by atoms with Gasteiger partial charge in [-0.2, -0.15) is 0 Å². The lowest BCUT2D eigenvalue weighted by atomic mass is 10.2. The molecule has 0 unspecified atom stereocenters. The van der Waals surface area contributed by atoms with Crippen LogP contribution < -0.4 is 10.6 Å². The van der Waals surface area contributed by atoms with Gasteiger partial charge >= 0.3 is 0 Å². The Labute approximate surface area is 146 Å². The number of nitrogens with one attached hydrogen (secondary N) is 2. The molecular formula is C14H22BrFIN3. The van der Waals surface area contributed by atoms with Crippen molar-refractivity contribution < 1.29 is 4.39 Å². The van der Waals surface area contributed by atoms with E-state index in [-0.39, 0.29) is 29.8 Å². The van der Waals surface area contributed by atoms with Gasteiger partial charge in [0.1, 0.15) is 5.82 Å². The second-order valence-electron chi connectivity index (χ2n) is 4.75. The molecule has 0 saturated heterocycles. The van der Waals surface area contributed by atoms with Crippen LogP contribution in [0.15, 0.2) is 27.7 Å². The average molecular weight is 458 g/mol. The predicted octanol–water partition coefficient (Wildman–Crippen LogP) is 3.92. The number of nitrogens with zero attached hydrogens (tertiary/aromatic N) is 1. The van der Waals surface area contributed by atoms with Crippen LogP contribution in [0.4, 0.5) is 4.39 Å². The van der Waals surface area contributed by atoms with Crippen molar-refractivity contribution in [3.63, 3.8) is 0 Å². The summed E-state index contributed by atoms with van der Waals surface area (Å²) in [4.78, 5) is 4.44. The van der Waals surface area contributed by atoms with E-state index in [2.05, 4.69) is 45.4 Å². The lowest BCUT2D eigenvalue weighted by molar-refractivity contribution is 0.614. The van der Waals surface area contributed by atoms with Crippen LogP contribution in [0.3, 0.4) is 0 Å². The van der Waals surface area contributed by atoms with Crippen LogP contribution in [0, 0.1) is 11.7 Å². The van der Waals surface area contributed by atoms with Crippen LogP contribution in [-0.2, 0) is 6.54 Å². The molecule has 1 aromatic carbocycles. The summed E-state index contributed by atoms with van der Waals surface area (Å²) < 4.78 is 14.0. The van der Waals surface area contributed by atoms with Gasteiger partial charge in [0.2, 0.25) is 0 Å². The van der Waals surface area contributed by atoms with E-state index in [1.165, 1.54) is 12.1 Å². The summed E-state index contributed by atoms with van der Waals surface area (Å²) in [6.45, 7) is 8.41. The van der Waals surface area contributed by atoms with Crippen molar-refractivity contribution in [2.75, 3.05) is 13.1 Å². The smallest absolute Gasteiger partial charge is 0.191 e. The molecule has 0 aliphatic rings. The Morgan fingerprint density at radius 1 is 1.30 bits per heavy atom. The molecule has 0 saturated carbocycles. The normalized spacial score (nSPS) is 11.2. The van der Waals surface area contributed by atoms with E-state index in [9.17, 15) is 4.39 Å². The van der Waals surface area contributed by atoms with Gasteiger partial charge in [-0.25, -0.2) is 9.38 Å². The second-order valence-corrected chi connectivity index (χ2v) is 5.66. The number of halogens is 3. The number of guanidine groups is 1. The van der Waals surface area contributed by atoms with Crippen LogP contribution >= 0.6 is 39.9 Å². The van der Waals surface area contributed by atoms with Crippen LogP contribution in [-0.4, -0.2) is 19.0 Å². The summed E-state index contributed by atoms with van der Waals surface area (Å²) in [6.07, 6.45) is 0. The SMILES string of the molecule is CCNC(=NCc1cc(F)cc(Br)c1)NCC(C)C.I. The summed E-state index contributed by atoms with van der Waals surface area (Å²) in [7, 11) is 0. The van der Waals surface area contributed by atoms with E-state index < -0.39 is 0 Å². The third-order valence-electron chi connectivity index (χ3n) is 2.36. The van der Waals surface area contributed by atoms with Gasteiger partial charge in [0.15, 0.2) is 5.96 Å². The molecule has 20 heavy (non-hydrogen) atoms. The van der Waals surface area contributed by atoms with Crippen molar-refractivity contribution in [2.45, 2.75) is 27.3 Å². The highest BCUT2D eigenvalue weighted by Gasteiger charge is 2.01. The zero-order chi connectivity index (χ0) is 14.3. The largest absolute Gasteiger partial charge is 0.357 e. The number of benzene rings is 1. The van der Waals surface area contributed by atoms with Gasteiger partial charge in [0.05, 0.1) is 6.54 Å². The summed E-state index contributed by atoms with van der Waals surface area (Å²) in [5.41, 5.74) is 0.841. The fraction of sp³-hybridized carbons (Fsp3) is 0.500. The standard InChI is InChI=1S/C14H21BrFN3.HI/c1-4-17-14(18-8-10(2)3)19-9-11-5-12(15)7-13(16)6-11;/h5-7,10H,4,8-9H2,1-3H3,(H2,17,18,19);1H. The Morgan fingerprint density at radius 3 is 2.55 bits per heavy atom. The van der Waals surface area contributed by atoms with Crippen molar-refractivity contribution in [3.05, 3.63) is 34.1 Å². The van der Waals surface area contributed by atoms with Crippen molar-refractivity contribution >= 4 is 45.9 Å². The maximum Gasteiger partial charge on any atom is 0.191 e. The molecule has 3 nitrogen and oxygen atoms in total. The van der Waals surface area contributed by atoms with Gasteiger partial charge in [-0.3, -0.25) is 0 Å². The first-order chi connectivity index (χ1) is 9.01. The molecule has 0 fully saturated rings. The number of rotatable bonds is 5. The minimum atomic E-state index is -0.250. The van der Waals surface area contributed by atoms with E-state index in [1.54, 1.807) is 0 Å². The van der Waals surface area contributed by atoms with Crippen LogP contribution in [0.5, 0.6) is 0 Å². The van der Waals surface area contributed by atoms with E-state index >= 15 is 0 Å². The Kier molecular flexibility index (Phi) is 10.2. The lowest BCUT2D eigenvalue weighted by Gasteiger charge is -2.13. The van der Waals surface area contributed by atoms with E-state index in [0.717, 1.165) is 29.1 Å². The number of hydrogen-bond donors (Lipinski definition) is 2. The van der Waals surface area contributed by atoms with Crippen molar-refractivity contribution in [2.24, 2.45) is 10.9 Å². The number of aliphatic imine (C=N–C) groups is 1. The molecule has 2 N–H and O–H groups in total. The quantitative estimate of drug-likeness (QED) is 0.399. The summed E-state index contributed by atoms with van der Waals surface area (Å²) >= 11 is 3.28. The highest BCUT2D eigenvalue weighted by atomic mass is 127. The first-order valence-electron chi connectivity index (χ1n) is 6.48. The maximum atomic E-state index is 13.2. The molecule has 0 atom stereocenters. The fourth-order valence-corrected chi connectivity index (χ4v) is 2.03. The van der Waals surface area contributed by atoms with Gasteiger partial charge in [-0.15, -0.1) is 24.0 Å². The molecule has 0 bridgehead atoms. The molecule has 114 valence electrons. The Bertz CT molecular complexity index is 418. The van der Waals surface area contributed by atoms with Gasteiger partial charge in [-0.05, 0) is 36.6 Å². The lowest BCUT2D eigenvalue weighted by Crippen LogP contribution is -2.39. The van der Waals surface area contributed by atoms with Crippen molar-refractivity contribution in [3.8, 4) is 0 Å². The Morgan fingerprint density at radius 2 is 2.00 bits per heavy atom. The summed E-state index contributed by atoms with van der Waals surface area (Å²) in [6, 6.07) is 4.81. The summed E-state index contributed by atoms with van der Waals surface area (Å²) in [5.74, 6) is 1.06. The monoisotopic (exact) mass is 457 g/mol. The van der Waals surface area contributed by atoms with Gasteiger partial charge in [-0.1, -0.05) is 29.8 Å². The first kappa shape index (κ1) is 19.6. The third kappa shape index (κ3) is 8.04. The fourth-order valence-electron chi connectivity index (χ4n) is 1.52. The molecule has 0 aromatic heterocycles. The van der Waals surface area contributed by atoms with Gasteiger partial charge < -0.3 is 10.6 Å². The molecule has 6 heteroatoms. The number of hydrogen-bond acceptors (Lipinski definition) is 1. The van der Waals surface area contributed by atoms with Crippen molar-refractivity contribution in [1.82, 2.24) is 10.6 Å². The minimum absolute atomic E-state index is 0. The van der Waals surface area contributed by atoms with E-state index in [0.29, 0.717) is 12.5 Å². The third-order valence-corrected chi connectivity index (χ3v) is 2.82. The van der Waals surface area contributed by atoms with E-state index in [4.69, 9.17) is 0 Å². The van der Waals surface area contributed by atoms with Crippen LogP contribution in [0.1, 0.15) is 26.3 Å². The molecule has 0 aliphatic carbocycles. The van der Waals surface area contributed by atoms with Crippen molar-refractivity contribution in [1.29, 1.82) is 0 Å². The average Bonchev–Trinajstić information content (AvgIpc) is 2.31. The van der Waals surface area contributed by atoms with E-state index in [1.807, 2.05) is 13.0 Å². The minimum Gasteiger partial charge on any atom is -0.357 e. The second kappa shape index (κ2) is 10.4. The zero-order valence-electron chi connectivity index (χ0n) is 12.0. The molecule has 0 radical (unpaired) electrons. The zero-order valence-corrected chi connectivity index (χ0v) is 16.0. The topological polar surface area (TPSA) is 36.4 Å². The van der Waals surface area contributed by atoms with Gasteiger partial charge in [0, 0.05) is 17.6 Å².